The van der Waals surface area contributed by atoms with Crippen molar-refractivity contribution < 1.29 is 9.53 Å². The molecule has 7 heteroatoms. The van der Waals surface area contributed by atoms with Gasteiger partial charge in [-0.2, -0.15) is 0 Å². The Kier molecular flexibility index (Phi) is 4.13. The lowest BCUT2D eigenvalue weighted by Gasteiger charge is -2.06. The van der Waals surface area contributed by atoms with E-state index in [1.165, 1.54) is 11.3 Å². The van der Waals surface area contributed by atoms with Crippen LogP contribution in [0.2, 0.25) is 5.02 Å². The zero-order chi connectivity index (χ0) is 15.5. The number of para-hydroxylation sites is 1. The topological polar surface area (TPSA) is 63.2 Å². The summed E-state index contributed by atoms with van der Waals surface area (Å²) in [6, 6.07) is 12.4. The maximum Gasteiger partial charge on any atom is 0.269 e. The first kappa shape index (κ1) is 14.6. The molecule has 0 aliphatic carbocycles. The Balaban J connectivity index is 1.70. The number of fused-ring (bicyclic) bond motifs is 1. The van der Waals surface area contributed by atoms with Gasteiger partial charge in [0, 0.05) is 5.56 Å². The average Bonchev–Trinajstić information content (AvgIpc) is 2.97. The summed E-state index contributed by atoms with van der Waals surface area (Å²) in [6.07, 6.45) is 0. The van der Waals surface area contributed by atoms with E-state index in [1.54, 1.807) is 37.4 Å². The number of benzene rings is 2. The summed E-state index contributed by atoms with van der Waals surface area (Å²) in [5.41, 5.74) is 6.65. The maximum atomic E-state index is 12.0. The van der Waals surface area contributed by atoms with Crippen LogP contribution in [0.15, 0.2) is 42.5 Å². The lowest BCUT2D eigenvalue weighted by molar-refractivity contribution is 0.0962. The highest BCUT2D eigenvalue weighted by Gasteiger charge is 2.09. The fraction of sp³-hybridized carbons (Fsp3) is 0.0667. The highest BCUT2D eigenvalue weighted by molar-refractivity contribution is 7.22. The fourth-order valence-electron chi connectivity index (χ4n) is 1.89. The number of aromatic nitrogens is 1. The molecule has 0 atom stereocenters. The average molecular weight is 334 g/mol. The second-order valence-electron chi connectivity index (χ2n) is 4.41. The van der Waals surface area contributed by atoms with Crippen LogP contribution in [0.25, 0.3) is 10.2 Å². The van der Waals surface area contributed by atoms with Crippen LogP contribution in [0.3, 0.4) is 0 Å². The number of anilines is 1. The van der Waals surface area contributed by atoms with Crippen LogP contribution >= 0.6 is 22.9 Å². The predicted octanol–water partition coefficient (Wildman–Crippen LogP) is 3.72. The molecule has 0 aliphatic rings. The van der Waals surface area contributed by atoms with E-state index in [-0.39, 0.29) is 5.91 Å². The predicted molar refractivity (Wildman–Crippen MR) is 88.7 cm³/mol. The summed E-state index contributed by atoms with van der Waals surface area (Å²) in [4.78, 5) is 16.4. The van der Waals surface area contributed by atoms with Gasteiger partial charge in [-0.3, -0.25) is 15.6 Å². The molecule has 3 aromatic rings. The third-order valence-corrected chi connectivity index (χ3v) is 4.25. The lowest BCUT2D eigenvalue weighted by Crippen LogP contribution is -2.29. The number of hydrogen-bond acceptors (Lipinski definition) is 5. The Morgan fingerprint density at radius 3 is 2.68 bits per heavy atom. The molecular formula is C15H12ClN3O2S. The van der Waals surface area contributed by atoms with Crippen LogP contribution in [-0.2, 0) is 0 Å². The molecule has 5 nitrogen and oxygen atoms in total. The molecule has 0 bridgehead atoms. The standard InChI is InChI=1S/C15H12ClN3O2S/c1-21-10-7-5-9(6-8-10)14(20)18-19-15-17-13-11(16)3-2-4-12(13)22-15/h2-8H,1H3,(H,17,19)(H,18,20). The van der Waals surface area contributed by atoms with Gasteiger partial charge in [-0.15, -0.1) is 0 Å². The Hall–Kier alpha value is -2.31. The summed E-state index contributed by atoms with van der Waals surface area (Å²) in [7, 11) is 1.58. The molecule has 0 saturated carbocycles. The van der Waals surface area contributed by atoms with Crippen molar-refractivity contribution in [1.29, 1.82) is 0 Å². The monoisotopic (exact) mass is 333 g/mol. The van der Waals surface area contributed by atoms with E-state index in [0.29, 0.717) is 21.5 Å². The molecule has 1 aromatic heterocycles. The van der Waals surface area contributed by atoms with Gasteiger partial charge in [0.25, 0.3) is 5.91 Å². The van der Waals surface area contributed by atoms with Crippen molar-refractivity contribution in [1.82, 2.24) is 10.4 Å². The minimum Gasteiger partial charge on any atom is -0.497 e. The van der Waals surface area contributed by atoms with Gasteiger partial charge in [0.05, 0.1) is 16.8 Å². The molecule has 0 saturated heterocycles. The SMILES string of the molecule is COc1ccc(C(=O)NNc2nc3c(Cl)cccc3s2)cc1. The zero-order valence-electron chi connectivity index (χ0n) is 11.6. The number of amides is 1. The van der Waals surface area contributed by atoms with Gasteiger partial charge in [0.15, 0.2) is 0 Å². The van der Waals surface area contributed by atoms with Gasteiger partial charge in [-0.05, 0) is 36.4 Å². The van der Waals surface area contributed by atoms with Gasteiger partial charge >= 0.3 is 0 Å². The van der Waals surface area contributed by atoms with E-state index in [0.717, 1.165) is 10.2 Å². The summed E-state index contributed by atoms with van der Waals surface area (Å²) < 4.78 is 6.01. The number of carbonyl (C=O) groups excluding carboxylic acids is 1. The van der Waals surface area contributed by atoms with Crippen LogP contribution in [0.1, 0.15) is 10.4 Å². The van der Waals surface area contributed by atoms with Crippen LogP contribution in [0.4, 0.5) is 5.13 Å². The molecule has 0 radical (unpaired) electrons. The third kappa shape index (κ3) is 2.98. The van der Waals surface area contributed by atoms with Crippen molar-refractivity contribution in [2.45, 2.75) is 0 Å². The highest BCUT2D eigenvalue weighted by atomic mass is 35.5. The quantitative estimate of drug-likeness (QED) is 0.714. The summed E-state index contributed by atoms with van der Waals surface area (Å²) in [5.74, 6) is 0.443. The fourth-order valence-corrected chi connectivity index (χ4v) is 3.01. The van der Waals surface area contributed by atoms with Gasteiger partial charge in [-0.1, -0.05) is 29.0 Å². The van der Waals surface area contributed by atoms with E-state index in [4.69, 9.17) is 16.3 Å². The molecule has 0 fully saturated rings. The van der Waals surface area contributed by atoms with Crippen molar-refractivity contribution in [3.8, 4) is 5.75 Å². The van der Waals surface area contributed by atoms with E-state index >= 15 is 0 Å². The van der Waals surface area contributed by atoms with Gasteiger partial charge in [0.1, 0.15) is 11.3 Å². The number of hydrogen-bond donors (Lipinski definition) is 2. The minimum absolute atomic E-state index is 0.256. The minimum atomic E-state index is -0.256. The van der Waals surface area contributed by atoms with Gasteiger partial charge < -0.3 is 4.74 Å². The highest BCUT2D eigenvalue weighted by Crippen LogP contribution is 2.30. The third-order valence-electron chi connectivity index (χ3n) is 3.00. The van der Waals surface area contributed by atoms with Crippen LogP contribution in [0.5, 0.6) is 5.75 Å². The summed E-state index contributed by atoms with van der Waals surface area (Å²) in [6.45, 7) is 0. The second kappa shape index (κ2) is 6.21. The molecule has 0 aliphatic heterocycles. The first-order chi connectivity index (χ1) is 10.7. The van der Waals surface area contributed by atoms with Crippen molar-refractivity contribution >= 4 is 44.2 Å². The van der Waals surface area contributed by atoms with E-state index in [2.05, 4.69) is 15.8 Å². The molecule has 112 valence electrons. The van der Waals surface area contributed by atoms with Crippen molar-refractivity contribution in [3.05, 3.63) is 53.1 Å². The number of hydrazine groups is 1. The Morgan fingerprint density at radius 1 is 1.23 bits per heavy atom. The van der Waals surface area contributed by atoms with Crippen LogP contribution in [-0.4, -0.2) is 18.0 Å². The number of halogens is 1. The smallest absolute Gasteiger partial charge is 0.269 e. The molecule has 22 heavy (non-hydrogen) atoms. The molecule has 3 rings (SSSR count). The Morgan fingerprint density at radius 2 is 2.00 bits per heavy atom. The summed E-state index contributed by atoms with van der Waals surface area (Å²) in [5, 5.41) is 1.16. The van der Waals surface area contributed by atoms with Crippen LogP contribution in [0, 0.1) is 0 Å². The van der Waals surface area contributed by atoms with Gasteiger partial charge in [0.2, 0.25) is 5.13 Å². The number of nitrogens with zero attached hydrogens (tertiary/aromatic N) is 1. The van der Waals surface area contributed by atoms with E-state index in [9.17, 15) is 4.79 Å². The molecule has 2 aromatic carbocycles. The van der Waals surface area contributed by atoms with Gasteiger partial charge in [-0.25, -0.2) is 4.98 Å². The molecule has 1 heterocycles. The number of nitrogens with one attached hydrogen (secondary N) is 2. The molecular weight excluding hydrogens is 322 g/mol. The van der Waals surface area contributed by atoms with E-state index in [1.807, 2.05) is 12.1 Å². The number of thiazole rings is 1. The first-order valence-electron chi connectivity index (χ1n) is 6.43. The number of methoxy groups -OCH3 is 1. The molecule has 0 spiro atoms. The number of ether oxygens (including phenoxy) is 1. The van der Waals surface area contributed by atoms with Crippen molar-refractivity contribution in [2.24, 2.45) is 0 Å². The van der Waals surface area contributed by atoms with E-state index < -0.39 is 0 Å². The van der Waals surface area contributed by atoms with Crippen molar-refractivity contribution in [3.63, 3.8) is 0 Å². The lowest BCUT2D eigenvalue weighted by atomic mass is 10.2. The molecule has 2 N–H and O–H groups in total. The first-order valence-corrected chi connectivity index (χ1v) is 7.62. The molecule has 1 amide bonds. The molecule has 0 unspecified atom stereocenters. The Bertz CT molecular complexity index is 817. The second-order valence-corrected chi connectivity index (χ2v) is 5.85. The largest absolute Gasteiger partial charge is 0.497 e. The van der Waals surface area contributed by atoms with Crippen LogP contribution < -0.4 is 15.6 Å². The number of carbonyl (C=O) groups is 1. The Labute approximate surface area is 135 Å². The maximum absolute atomic E-state index is 12.0. The normalized spacial score (nSPS) is 10.5. The van der Waals surface area contributed by atoms with Crippen molar-refractivity contribution in [2.75, 3.05) is 12.5 Å². The zero-order valence-corrected chi connectivity index (χ0v) is 13.2. The summed E-state index contributed by atoms with van der Waals surface area (Å²) >= 11 is 7.49. The number of rotatable bonds is 4.